The van der Waals surface area contributed by atoms with Crippen LogP contribution in [-0.2, 0) is 11.2 Å². The molecule has 0 spiro atoms. The highest BCUT2D eigenvalue weighted by molar-refractivity contribution is 6.41. The van der Waals surface area contributed by atoms with E-state index in [1.165, 1.54) is 20.4 Å². The highest BCUT2D eigenvalue weighted by Gasteiger charge is 2.23. The van der Waals surface area contributed by atoms with Gasteiger partial charge in [-0.15, -0.1) is 0 Å². The third-order valence-electron chi connectivity index (χ3n) is 4.00. The van der Waals surface area contributed by atoms with E-state index < -0.39 is 0 Å². The van der Waals surface area contributed by atoms with Crippen LogP contribution in [0.2, 0.25) is 10.2 Å². The van der Waals surface area contributed by atoms with Gasteiger partial charge < -0.3 is 19.5 Å². The van der Waals surface area contributed by atoms with Crippen LogP contribution in [0.25, 0.3) is 0 Å². The molecule has 1 aromatic heterocycles. The Bertz CT molecular complexity index is 889. The van der Waals surface area contributed by atoms with E-state index in [2.05, 4.69) is 10.3 Å². The zero-order chi connectivity index (χ0) is 21.4. The number of Topliss-reactive ketones (excluding diaryl/α,β-unsaturated/α-hetero) is 1. The van der Waals surface area contributed by atoms with Crippen LogP contribution in [0.3, 0.4) is 0 Å². The van der Waals surface area contributed by atoms with E-state index in [9.17, 15) is 9.59 Å². The molecule has 2 rings (SSSR count). The molecule has 0 bridgehead atoms. The topological polar surface area (TPSA) is 86.8 Å². The fourth-order valence-electron chi connectivity index (χ4n) is 2.57. The van der Waals surface area contributed by atoms with E-state index in [0.29, 0.717) is 17.9 Å². The van der Waals surface area contributed by atoms with Crippen LogP contribution in [0.4, 0.5) is 0 Å². The van der Waals surface area contributed by atoms with E-state index in [1.807, 2.05) is 6.92 Å². The van der Waals surface area contributed by atoms with Crippen LogP contribution in [-0.4, -0.2) is 44.0 Å². The molecule has 0 aliphatic carbocycles. The lowest BCUT2D eigenvalue weighted by Gasteiger charge is -2.17. The highest BCUT2D eigenvalue weighted by atomic mass is 35.5. The second-order valence-electron chi connectivity index (χ2n) is 5.99. The molecular weight excluding hydrogens is 419 g/mol. The molecule has 0 saturated heterocycles. The lowest BCUT2D eigenvalue weighted by atomic mass is 10.0. The molecule has 7 nitrogen and oxygen atoms in total. The number of carbonyl (C=O) groups excluding carboxylic acids is 2. The van der Waals surface area contributed by atoms with Gasteiger partial charge in [-0.05, 0) is 30.2 Å². The molecule has 1 aromatic carbocycles. The van der Waals surface area contributed by atoms with Crippen LogP contribution in [0, 0.1) is 0 Å². The van der Waals surface area contributed by atoms with Crippen molar-refractivity contribution < 1.29 is 23.8 Å². The number of ketones is 1. The van der Waals surface area contributed by atoms with Crippen molar-refractivity contribution in [1.82, 2.24) is 10.3 Å². The number of pyridine rings is 1. The molecule has 156 valence electrons. The third kappa shape index (κ3) is 5.74. The van der Waals surface area contributed by atoms with Gasteiger partial charge in [-0.25, -0.2) is 4.98 Å². The SMILES string of the molecule is CCCNC(=O)COc1c(C(=O)Cc2ccnc(Cl)c2Cl)ccc(OC)c1OC. The van der Waals surface area contributed by atoms with E-state index in [-0.39, 0.29) is 52.0 Å². The maximum Gasteiger partial charge on any atom is 0.257 e. The summed E-state index contributed by atoms with van der Waals surface area (Å²) in [5.74, 6) is 0.122. The first-order valence-electron chi connectivity index (χ1n) is 8.89. The van der Waals surface area contributed by atoms with E-state index in [0.717, 1.165) is 6.42 Å². The maximum atomic E-state index is 13.0. The number of carbonyl (C=O) groups is 2. The van der Waals surface area contributed by atoms with Gasteiger partial charge in [0.05, 0.1) is 24.8 Å². The van der Waals surface area contributed by atoms with Crippen LogP contribution >= 0.6 is 23.2 Å². The Balaban J connectivity index is 2.35. The number of amides is 1. The Labute approximate surface area is 179 Å². The molecule has 1 heterocycles. The highest BCUT2D eigenvalue weighted by Crippen LogP contribution is 2.40. The van der Waals surface area contributed by atoms with Crippen molar-refractivity contribution in [2.75, 3.05) is 27.4 Å². The molecule has 0 unspecified atom stereocenters. The zero-order valence-corrected chi connectivity index (χ0v) is 17.9. The third-order valence-corrected chi connectivity index (χ3v) is 4.80. The van der Waals surface area contributed by atoms with Gasteiger partial charge in [0, 0.05) is 19.2 Å². The van der Waals surface area contributed by atoms with Crippen molar-refractivity contribution in [1.29, 1.82) is 0 Å². The first-order valence-corrected chi connectivity index (χ1v) is 9.65. The number of hydrogen-bond acceptors (Lipinski definition) is 6. The molecule has 0 radical (unpaired) electrons. The molecule has 0 aliphatic heterocycles. The van der Waals surface area contributed by atoms with E-state index >= 15 is 0 Å². The molecule has 2 aromatic rings. The van der Waals surface area contributed by atoms with Gasteiger partial charge in [-0.1, -0.05) is 30.1 Å². The van der Waals surface area contributed by atoms with Gasteiger partial charge in [-0.3, -0.25) is 9.59 Å². The molecule has 29 heavy (non-hydrogen) atoms. The minimum absolute atomic E-state index is 0.0328. The van der Waals surface area contributed by atoms with Crippen molar-refractivity contribution in [3.05, 3.63) is 45.7 Å². The minimum atomic E-state index is -0.306. The summed E-state index contributed by atoms with van der Waals surface area (Å²) in [5.41, 5.74) is 0.757. The monoisotopic (exact) mass is 440 g/mol. The molecule has 1 amide bonds. The Morgan fingerprint density at radius 1 is 1.10 bits per heavy atom. The lowest BCUT2D eigenvalue weighted by Crippen LogP contribution is -2.29. The average Bonchev–Trinajstić information content (AvgIpc) is 2.72. The van der Waals surface area contributed by atoms with Crippen molar-refractivity contribution in [3.63, 3.8) is 0 Å². The molecule has 0 aliphatic rings. The van der Waals surface area contributed by atoms with Crippen molar-refractivity contribution >= 4 is 34.9 Å². The first kappa shape index (κ1) is 22.8. The van der Waals surface area contributed by atoms with Crippen LogP contribution in [0.15, 0.2) is 24.4 Å². The maximum absolute atomic E-state index is 13.0. The predicted octanol–water partition coefficient (Wildman–Crippen LogP) is 3.74. The summed E-state index contributed by atoms with van der Waals surface area (Å²) in [6, 6.07) is 4.77. The largest absolute Gasteiger partial charge is 0.493 e. The van der Waals surface area contributed by atoms with Gasteiger partial charge in [0.25, 0.3) is 5.91 Å². The van der Waals surface area contributed by atoms with Gasteiger partial charge >= 0.3 is 0 Å². The Morgan fingerprint density at radius 3 is 2.52 bits per heavy atom. The summed E-state index contributed by atoms with van der Waals surface area (Å²) in [6.07, 6.45) is 2.24. The number of hydrogen-bond donors (Lipinski definition) is 1. The van der Waals surface area contributed by atoms with E-state index in [1.54, 1.807) is 18.2 Å². The lowest BCUT2D eigenvalue weighted by molar-refractivity contribution is -0.123. The average molecular weight is 441 g/mol. The number of ether oxygens (including phenoxy) is 3. The fourth-order valence-corrected chi connectivity index (χ4v) is 2.93. The summed E-state index contributed by atoms with van der Waals surface area (Å²) in [7, 11) is 2.89. The molecule has 9 heteroatoms. The summed E-state index contributed by atoms with van der Waals surface area (Å²) in [4.78, 5) is 28.8. The molecular formula is C20H22Cl2N2O5. The van der Waals surface area contributed by atoms with Gasteiger partial charge in [0.15, 0.2) is 23.9 Å². The number of rotatable bonds is 10. The number of nitrogens with one attached hydrogen (secondary N) is 1. The molecule has 1 N–H and O–H groups in total. The minimum Gasteiger partial charge on any atom is -0.493 e. The summed E-state index contributed by atoms with van der Waals surface area (Å²) >= 11 is 12.1. The van der Waals surface area contributed by atoms with Crippen LogP contribution in [0.1, 0.15) is 29.3 Å². The predicted molar refractivity (Wildman–Crippen MR) is 111 cm³/mol. The normalized spacial score (nSPS) is 10.4. The Kier molecular flexibility index (Phi) is 8.54. The molecule has 0 saturated carbocycles. The molecule has 0 fully saturated rings. The fraction of sp³-hybridized carbons (Fsp3) is 0.350. The second kappa shape index (κ2) is 10.9. The summed E-state index contributed by atoms with van der Waals surface area (Å²) in [6.45, 7) is 2.20. The number of nitrogens with zero attached hydrogens (tertiary/aromatic N) is 1. The van der Waals surface area contributed by atoms with Crippen LogP contribution in [0.5, 0.6) is 17.2 Å². The zero-order valence-electron chi connectivity index (χ0n) is 16.4. The Hall–Kier alpha value is -2.51. The van der Waals surface area contributed by atoms with Crippen molar-refractivity contribution in [3.8, 4) is 17.2 Å². The standard InChI is InChI=1S/C20H22Cl2N2O5/c1-4-8-23-16(26)11-29-18-13(5-6-15(27-2)19(18)28-3)14(25)10-12-7-9-24-20(22)17(12)21/h5-7,9H,4,8,10-11H2,1-3H3,(H,23,26). The number of methoxy groups -OCH3 is 2. The molecule has 0 atom stereocenters. The van der Waals surface area contributed by atoms with Crippen molar-refractivity contribution in [2.24, 2.45) is 0 Å². The quantitative estimate of drug-likeness (QED) is 0.447. The number of halogens is 2. The van der Waals surface area contributed by atoms with Gasteiger partial charge in [0.2, 0.25) is 5.75 Å². The summed E-state index contributed by atoms with van der Waals surface area (Å²) in [5, 5.41) is 3.04. The smallest absolute Gasteiger partial charge is 0.257 e. The Morgan fingerprint density at radius 2 is 1.86 bits per heavy atom. The number of aromatic nitrogens is 1. The first-order chi connectivity index (χ1) is 13.9. The second-order valence-corrected chi connectivity index (χ2v) is 6.73. The van der Waals surface area contributed by atoms with Gasteiger partial charge in [-0.2, -0.15) is 0 Å². The van der Waals surface area contributed by atoms with E-state index in [4.69, 9.17) is 37.4 Å². The van der Waals surface area contributed by atoms with Gasteiger partial charge in [0.1, 0.15) is 5.15 Å². The van der Waals surface area contributed by atoms with Crippen molar-refractivity contribution in [2.45, 2.75) is 19.8 Å². The van der Waals surface area contributed by atoms with Crippen LogP contribution < -0.4 is 19.5 Å². The summed E-state index contributed by atoms with van der Waals surface area (Å²) < 4.78 is 16.3. The number of benzene rings is 1.